The molecule has 13 rings (SSSR count). The molecule has 3 saturated heterocycles. The lowest BCUT2D eigenvalue weighted by Crippen LogP contribution is -2.61. The van der Waals surface area contributed by atoms with Crippen molar-refractivity contribution in [3.05, 3.63) is 149 Å². The van der Waals surface area contributed by atoms with Crippen LogP contribution in [-0.2, 0) is 92.8 Å². The van der Waals surface area contributed by atoms with Crippen LogP contribution in [0.1, 0.15) is 165 Å². The molecule has 5 aliphatic heterocycles. The number of nitrogens with one attached hydrogen (secondary N) is 3. The highest BCUT2D eigenvalue weighted by atomic mass is 16.6. The highest BCUT2D eigenvalue weighted by Gasteiger charge is 2.53. The molecule has 0 unspecified atom stereocenters. The number of anilines is 3. The standard InChI is InChI=1S/C98H134N18O19/c1-60-16-12-11-13-17-61(2)79(127-8)48-75-23-19-66(7)98(126,135-75)89(122)94(124)115-30-15-14-18-76(115)95(125)134-80(63(4)44-67-21-24-77(117)81(46-67)128-9)49-78(118)62(3)43-65(6)87(121)88(129-10)85(64(5)42-60)111-133-58-82(119)102-50-69-51-104-96(105-52-69)112-32-34-113(35-33-112)97-106-54-74(55-107-97)93(123)101-29-37-131-39-41-132-40-38-130-36-27-83(120)114-31-26-70-45-68(20-22-72(70)57-114)56-116-92-84(90(99)108-59-109-92)86(110-116)73-47-71-25-28-100-91(71)103-53-73/h11-13,16-17,20,22,25,28,43,45,47,51-55,59-60,62-64,66-67,75-81,87-88,117-118,121,126H,14-15,18-19,21,23-24,26-27,29-42,44,46,48-50,56-58H2,1-10H3,(H,100,103)(H,101,123)(H,102,119)(H2,99,108,109)/b13-11+,16-12+,61-17+,65-43+,111-85?/t60-,62-,63-,64-,66-,67+,75+,76+,77-,78-,79+,80+,81-,87-,88+,98-/m1/s1. The quantitative estimate of drug-likeness (QED) is 0.00722. The number of fused-ring (bicyclic) bond motifs is 6. The number of hydrogen-bond acceptors (Lipinski definition) is 31. The van der Waals surface area contributed by atoms with E-state index in [1.807, 2.05) is 95.8 Å². The van der Waals surface area contributed by atoms with Crippen molar-refractivity contribution in [2.45, 2.75) is 219 Å². The number of amides is 4. The van der Waals surface area contributed by atoms with E-state index in [4.69, 9.17) is 53.6 Å². The van der Waals surface area contributed by atoms with Gasteiger partial charge in [0.1, 0.15) is 47.8 Å². The summed E-state index contributed by atoms with van der Waals surface area (Å²) in [6, 6.07) is 9.14. The van der Waals surface area contributed by atoms with Gasteiger partial charge < -0.3 is 104 Å². The predicted molar refractivity (Wildman–Crippen MR) is 504 cm³/mol. The van der Waals surface area contributed by atoms with Crippen LogP contribution < -0.4 is 26.2 Å². The molecule has 9 N–H and O–H groups in total. The number of carbonyl (C=O) groups excluding carboxylic acids is 6. The van der Waals surface area contributed by atoms with Crippen LogP contribution in [0.5, 0.6) is 0 Å². The molecule has 1 aromatic carbocycles. The number of oxime groups is 1. The number of allylic oxidation sites excluding steroid dienone is 5. The first-order valence-corrected chi connectivity index (χ1v) is 47.4. The maximum Gasteiger partial charge on any atom is 0.329 e. The number of hydrogen-bond donors (Lipinski definition) is 8. The number of aromatic nitrogens is 10. The molecule has 1 saturated carbocycles. The third-order valence-electron chi connectivity index (χ3n) is 26.9. The van der Waals surface area contributed by atoms with Crippen molar-refractivity contribution in [2.75, 3.05) is 129 Å². The molecule has 0 spiro atoms. The SMILES string of the molecule is CO[C@H]1C[C@@H]2CC[C@@H](C)[C@@](O)(O2)C(=O)C(=O)N2CCCC[C@H]2C(=O)O[C@H]([C@H](C)C[C@@H]2CC[C@@H](O)[C@H](OC)C2)C[C@@H](O)[C@H](C)/C=C(\C)[C@@H](O)[C@@H](OC)C(=NOCC(=O)NCc2cnc(N3CCN(c4ncc(C(=O)NCCOCCOCCOCCC(=O)N5CCc6cc(Cn7nc(-c8cnc9[nH]ccc9c8)c8c(N)ncnc87)ccc6C5)cn4)CC3)nc2)[C@H](C)C[C@H](C)/C=C/C=C/C=C/1C. The Morgan fingerprint density at radius 2 is 1.46 bits per heavy atom. The summed E-state index contributed by atoms with van der Waals surface area (Å²) in [6.07, 6.45) is 22.4. The van der Waals surface area contributed by atoms with E-state index in [9.17, 15) is 49.2 Å². The van der Waals surface area contributed by atoms with Gasteiger partial charge in [-0.2, -0.15) is 5.10 Å². The summed E-state index contributed by atoms with van der Waals surface area (Å²) in [5, 5.41) is 64.3. The number of piperazine rings is 1. The second-order valence-corrected chi connectivity index (χ2v) is 36.7. The van der Waals surface area contributed by atoms with Gasteiger partial charge in [-0.3, -0.25) is 24.0 Å². The number of cyclic esters (lactones) is 1. The number of carbonyl (C=O) groups is 6. The number of ketones is 1. The number of methoxy groups -OCH3 is 3. The van der Waals surface area contributed by atoms with Crippen LogP contribution in [0.3, 0.4) is 0 Å². The van der Waals surface area contributed by atoms with Gasteiger partial charge in [0.05, 0.1) is 99.8 Å². The summed E-state index contributed by atoms with van der Waals surface area (Å²) in [7, 11) is 4.59. The van der Waals surface area contributed by atoms with Gasteiger partial charge >= 0.3 is 5.97 Å². The first-order valence-electron chi connectivity index (χ1n) is 47.4. The van der Waals surface area contributed by atoms with Crippen LogP contribution in [0.4, 0.5) is 17.7 Å². The number of aliphatic hydroxyl groups excluding tert-OH is 3. The lowest BCUT2D eigenvalue weighted by atomic mass is 9.78. The lowest BCUT2D eigenvalue weighted by molar-refractivity contribution is -0.265. The molecule has 6 aromatic heterocycles. The molecule has 11 heterocycles. The Labute approximate surface area is 787 Å². The topological polar surface area (TPSA) is 466 Å². The Balaban J connectivity index is 0.535. The Morgan fingerprint density at radius 1 is 0.726 bits per heavy atom. The maximum absolute atomic E-state index is 14.8. The molecule has 37 nitrogen and oxygen atoms in total. The molecule has 4 amide bonds. The molecular weight excluding hydrogens is 1730 g/mol. The Bertz CT molecular complexity index is 5290. The van der Waals surface area contributed by atoms with Crippen molar-refractivity contribution in [3.63, 3.8) is 0 Å². The molecule has 16 atom stereocenters. The number of nitrogens with two attached hydrogens (primary N) is 1. The van der Waals surface area contributed by atoms with Crippen molar-refractivity contribution >= 4 is 80.9 Å². The molecule has 6 aliphatic rings. The number of nitrogens with zero attached hydrogens (tertiary/aromatic N) is 14. The summed E-state index contributed by atoms with van der Waals surface area (Å²) in [6.45, 7) is 18.6. The van der Waals surface area contributed by atoms with Gasteiger partial charge in [-0.05, 0) is 142 Å². The largest absolute Gasteiger partial charge is 0.460 e. The normalized spacial score (nSPS) is 27.5. The monoisotopic (exact) mass is 1870 g/mol. The Kier molecular flexibility index (Phi) is 36.6. The van der Waals surface area contributed by atoms with E-state index in [0.717, 1.165) is 39.7 Å². The zero-order valence-corrected chi connectivity index (χ0v) is 79.2. The number of rotatable bonds is 29. The van der Waals surface area contributed by atoms with Crippen molar-refractivity contribution in [1.29, 1.82) is 0 Å². The summed E-state index contributed by atoms with van der Waals surface area (Å²) in [5.41, 5.74) is 15.2. The smallest absolute Gasteiger partial charge is 0.329 e. The average Bonchev–Trinajstić information content (AvgIpc) is 1.69. The number of ether oxygens (including phenoxy) is 8. The van der Waals surface area contributed by atoms with Crippen molar-refractivity contribution < 1.29 is 91.9 Å². The maximum atomic E-state index is 14.8. The minimum absolute atomic E-state index is 0.0297. The van der Waals surface area contributed by atoms with Crippen molar-refractivity contribution in [2.24, 2.45) is 40.7 Å². The van der Waals surface area contributed by atoms with Gasteiger partial charge in [-0.1, -0.05) is 94.4 Å². The van der Waals surface area contributed by atoms with Gasteiger partial charge in [-0.15, -0.1) is 0 Å². The van der Waals surface area contributed by atoms with E-state index in [-0.39, 0.29) is 100 Å². The zero-order chi connectivity index (χ0) is 95.8. The lowest BCUT2D eigenvalue weighted by Gasteiger charge is -2.43. The summed E-state index contributed by atoms with van der Waals surface area (Å²) < 4.78 is 49.4. The number of pyridine rings is 1. The van der Waals surface area contributed by atoms with E-state index >= 15 is 0 Å². The second-order valence-electron chi connectivity index (χ2n) is 36.7. The van der Waals surface area contributed by atoms with Gasteiger partial charge in [0.15, 0.2) is 12.3 Å². The number of piperidine rings is 1. The molecule has 4 fully saturated rings. The van der Waals surface area contributed by atoms with Crippen LogP contribution in [0.15, 0.2) is 127 Å². The Morgan fingerprint density at radius 3 is 2.19 bits per heavy atom. The number of benzene rings is 1. The highest BCUT2D eigenvalue weighted by molar-refractivity contribution is 6.39. The molecule has 730 valence electrons. The van der Waals surface area contributed by atoms with Crippen LogP contribution in [-0.4, -0.2) is 295 Å². The molecule has 135 heavy (non-hydrogen) atoms. The molecule has 7 aromatic rings. The predicted octanol–water partition coefficient (Wildman–Crippen LogP) is 8.07. The molecule has 0 radical (unpaired) electrons. The van der Waals surface area contributed by atoms with Crippen LogP contribution >= 0.6 is 0 Å². The number of esters is 1. The van der Waals surface area contributed by atoms with E-state index in [2.05, 4.69) is 73.9 Å². The van der Waals surface area contributed by atoms with E-state index in [1.54, 1.807) is 59.7 Å². The number of aromatic amines is 1. The molecule has 1 aliphatic carbocycles. The van der Waals surface area contributed by atoms with Crippen molar-refractivity contribution in [3.8, 4) is 11.3 Å². The number of Topliss-reactive ketones (excluding diaryl/α,β-unsaturated/α-hetero) is 1. The minimum Gasteiger partial charge on any atom is -0.460 e. The summed E-state index contributed by atoms with van der Waals surface area (Å²) in [4.78, 5) is 131. The fourth-order valence-electron chi connectivity index (χ4n) is 18.8. The minimum atomic E-state index is -2.47. The zero-order valence-electron chi connectivity index (χ0n) is 79.2. The second kappa shape index (κ2) is 48.7. The van der Waals surface area contributed by atoms with Gasteiger partial charge in [0.2, 0.25) is 23.6 Å². The summed E-state index contributed by atoms with van der Waals surface area (Å²) in [5.74, 6) is -6.94. The van der Waals surface area contributed by atoms with Gasteiger partial charge in [0, 0.05) is 165 Å². The van der Waals surface area contributed by atoms with E-state index in [0.29, 0.717) is 187 Å². The molecular formula is C98H134N18O19. The number of aliphatic hydroxyl groups is 4. The number of H-pyrrole nitrogens is 1. The fraction of sp³-hybridized carbons (Fsp3) is 0.582. The Hall–Kier alpha value is -11.0. The summed E-state index contributed by atoms with van der Waals surface area (Å²) >= 11 is 0. The van der Waals surface area contributed by atoms with Crippen molar-refractivity contribution in [1.82, 2.24) is 70.1 Å². The van der Waals surface area contributed by atoms with E-state index in [1.165, 1.54) is 36.3 Å². The van der Waals surface area contributed by atoms with E-state index < -0.39 is 96.6 Å². The van der Waals surface area contributed by atoms with Gasteiger partial charge in [-0.25, -0.2) is 44.4 Å². The molecule has 2 bridgehead atoms. The van der Waals surface area contributed by atoms with Crippen LogP contribution in [0.2, 0.25) is 0 Å². The van der Waals surface area contributed by atoms with Crippen LogP contribution in [0.25, 0.3) is 33.3 Å². The first kappa shape index (κ1) is 101. The number of nitrogen functional groups attached to an aromatic ring is 1. The van der Waals surface area contributed by atoms with Gasteiger partial charge in [0.25, 0.3) is 23.5 Å². The first-order chi connectivity index (χ1) is 65.2. The molecule has 37 heteroatoms. The third kappa shape index (κ3) is 26.7. The fourth-order valence-corrected chi connectivity index (χ4v) is 18.8. The average molecular weight is 1870 g/mol. The highest BCUT2D eigenvalue weighted by Crippen LogP contribution is 2.40. The van der Waals surface area contributed by atoms with Crippen LogP contribution in [0, 0.1) is 35.5 Å². The third-order valence-corrected chi connectivity index (χ3v) is 26.9.